The van der Waals surface area contributed by atoms with Gasteiger partial charge >= 0.3 is 6.09 Å². The van der Waals surface area contributed by atoms with Crippen LogP contribution in [0.4, 0.5) is 10.5 Å². The smallest absolute Gasteiger partial charge is 0.407 e. The molecule has 2 amide bonds. The Hall–Kier alpha value is -2.32. The van der Waals surface area contributed by atoms with Crippen LogP contribution in [0.2, 0.25) is 0 Å². The fourth-order valence-electron chi connectivity index (χ4n) is 2.58. The van der Waals surface area contributed by atoms with Crippen molar-refractivity contribution in [3.05, 3.63) is 29.8 Å². The number of benzene rings is 1. The van der Waals surface area contributed by atoms with E-state index in [2.05, 4.69) is 10.6 Å². The predicted molar refractivity (Wildman–Crippen MR) is 133 cm³/mol. The molecule has 0 spiro atoms. The van der Waals surface area contributed by atoms with Gasteiger partial charge in [0, 0.05) is 19.3 Å². The molecule has 1 aromatic carbocycles. The molecule has 36 heavy (non-hydrogen) atoms. The summed E-state index contributed by atoms with van der Waals surface area (Å²) < 4.78 is 37.1. The molecule has 0 atom stereocenters. The van der Waals surface area contributed by atoms with Crippen LogP contribution in [-0.4, -0.2) is 105 Å². The molecule has 12 nitrogen and oxygen atoms in total. The van der Waals surface area contributed by atoms with Crippen molar-refractivity contribution in [2.24, 2.45) is 5.73 Å². The molecule has 0 aromatic heterocycles. The average molecular weight is 516 g/mol. The van der Waals surface area contributed by atoms with Crippen LogP contribution in [0.3, 0.4) is 0 Å². The number of amides is 2. The number of alkyl carbamates (subject to hydrolysis) is 1. The monoisotopic (exact) mass is 515 g/mol. The Morgan fingerprint density at radius 2 is 1.14 bits per heavy atom. The highest BCUT2D eigenvalue weighted by molar-refractivity contribution is 5.90. The molecule has 1 aromatic rings. The van der Waals surface area contributed by atoms with Crippen LogP contribution in [0.5, 0.6) is 0 Å². The number of anilines is 1. The highest BCUT2D eigenvalue weighted by Crippen LogP contribution is 2.11. The average Bonchev–Trinajstić information content (AvgIpc) is 2.89. The Bertz CT molecular complexity index is 677. The van der Waals surface area contributed by atoms with Gasteiger partial charge in [-0.1, -0.05) is 12.1 Å². The van der Waals surface area contributed by atoms with Crippen LogP contribution in [-0.2, 0) is 44.6 Å². The summed E-state index contributed by atoms with van der Waals surface area (Å²) in [6, 6.07) is 7.06. The first-order valence-corrected chi connectivity index (χ1v) is 12.1. The van der Waals surface area contributed by atoms with Gasteiger partial charge < -0.3 is 49.5 Å². The highest BCUT2D eigenvalue weighted by Gasteiger charge is 2.04. The summed E-state index contributed by atoms with van der Waals surface area (Å²) in [6.45, 7) is 6.34. The first-order valence-electron chi connectivity index (χ1n) is 12.1. The molecule has 0 aliphatic heterocycles. The molecule has 0 fully saturated rings. The van der Waals surface area contributed by atoms with E-state index in [0.29, 0.717) is 91.5 Å². The summed E-state index contributed by atoms with van der Waals surface area (Å²) in [5, 5.41) is 5.17. The maximum atomic E-state index is 12.0. The first kappa shape index (κ1) is 31.7. The zero-order valence-electron chi connectivity index (χ0n) is 21.2. The largest absolute Gasteiger partial charge is 0.445 e. The number of nitrogens with one attached hydrogen (secondary N) is 2. The SMILES string of the molecule is CNC(=O)OCc1ccc(NC(=O)CCOCCOCCOCCOCCOCCOCCN)cc1. The van der Waals surface area contributed by atoms with Gasteiger partial charge in [0.25, 0.3) is 0 Å². The second-order valence-corrected chi connectivity index (χ2v) is 7.28. The van der Waals surface area contributed by atoms with Crippen molar-refractivity contribution in [1.82, 2.24) is 5.32 Å². The summed E-state index contributed by atoms with van der Waals surface area (Å²) in [5.41, 5.74) is 6.80. The predicted octanol–water partition coefficient (Wildman–Crippen LogP) is 0.930. The molecule has 0 bridgehead atoms. The maximum absolute atomic E-state index is 12.0. The Balaban J connectivity index is 1.85. The standard InChI is InChI=1S/C24H41N3O9/c1-26-24(29)36-20-21-2-4-22(5-3-21)27-23(28)6-8-30-10-12-32-14-16-34-18-19-35-17-15-33-13-11-31-9-7-25/h2-5H,6-20,25H2,1H3,(H,26,29)(H,27,28). The van der Waals surface area contributed by atoms with Gasteiger partial charge in [-0.2, -0.15) is 0 Å². The third kappa shape index (κ3) is 18.9. The lowest BCUT2D eigenvalue weighted by atomic mass is 10.2. The zero-order valence-corrected chi connectivity index (χ0v) is 21.2. The summed E-state index contributed by atoms with van der Waals surface area (Å²) in [4.78, 5) is 23.1. The van der Waals surface area contributed by atoms with E-state index in [1.807, 2.05) is 0 Å². The molecule has 0 heterocycles. The topological polar surface area (TPSA) is 149 Å². The van der Waals surface area contributed by atoms with Gasteiger partial charge in [-0.3, -0.25) is 4.79 Å². The number of hydrogen-bond donors (Lipinski definition) is 3. The van der Waals surface area contributed by atoms with Crippen LogP contribution < -0.4 is 16.4 Å². The van der Waals surface area contributed by atoms with Crippen molar-refractivity contribution < 1.29 is 42.7 Å². The Morgan fingerprint density at radius 3 is 1.58 bits per heavy atom. The number of ether oxygens (including phenoxy) is 7. The molecule has 0 aliphatic carbocycles. The molecule has 0 saturated heterocycles. The third-order valence-electron chi connectivity index (χ3n) is 4.41. The Kier molecular flexibility index (Phi) is 20.3. The fraction of sp³-hybridized carbons (Fsp3) is 0.667. The van der Waals surface area contributed by atoms with Gasteiger partial charge in [0.15, 0.2) is 0 Å². The quantitative estimate of drug-likeness (QED) is 0.180. The number of hydrogen-bond acceptors (Lipinski definition) is 10. The van der Waals surface area contributed by atoms with Crippen LogP contribution in [0.25, 0.3) is 0 Å². The number of rotatable bonds is 23. The van der Waals surface area contributed by atoms with Crippen molar-refractivity contribution >= 4 is 17.7 Å². The Labute approximate surface area is 213 Å². The Morgan fingerprint density at radius 1 is 0.694 bits per heavy atom. The van der Waals surface area contributed by atoms with Crippen LogP contribution in [0.1, 0.15) is 12.0 Å². The minimum absolute atomic E-state index is 0.149. The number of nitrogens with two attached hydrogens (primary N) is 1. The van der Waals surface area contributed by atoms with Crippen molar-refractivity contribution in [2.75, 3.05) is 98.2 Å². The maximum Gasteiger partial charge on any atom is 0.407 e. The van der Waals surface area contributed by atoms with E-state index in [-0.39, 0.29) is 18.9 Å². The molecule has 0 radical (unpaired) electrons. The lowest BCUT2D eigenvalue weighted by molar-refractivity contribution is -0.117. The molecule has 0 aliphatic rings. The van der Waals surface area contributed by atoms with E-state index in [0.717, 1.165) is 5.56 Å². The molecular formula is C24H41N3O9. The van der Waals surface area contributed by atoms with Crippen molar-refractivity contribution in [3.8, 4) is 0 Å². The van der Waals surface area contributed by atoms with E-state index in [9.17, 15) is 9.59 Å². The second kappa shape index (κ2) is 23.1. The van der Waals surface area contributed by atoms with Gasteiger partial charge in [0.05, 0.1) is 85.7 Å². The molecule has 0 unspecified atom stereocenters. The van der Waals surface area contributed by atoms with Crippen LogP contribution in [0, 0.1) is 0 Å². The number of carbonyl (C=O) groups excluding carboxylic acids is 2. The summed E-state index contributed by atoms with van der Waals surface area (Å²) in [6.07, 6.45) is -0.260. The normalized spacial score (nSPS) is 10.8. The molecule has 4 N–H and O–H groups in total. The van der Waals surface area contributed by atoms with Gasteiger partial charge in [0.1, 0.15) is 6.61 Å². The van der Waals surface area contributed by atoms with E-state index in [1.165, 1.54) is 7.05 Å². The summed E-state index contributed by atoms with van der Waals surface area (Å²) >= 11 is 0. The lowest BCUT2D eigenvalue weighted by Gasteiger charge is -2.09. The minimum atomic E-state index is -0.494. The molecule has 0 saturated carbocycles. The summed E-state index contributed by atoms with van der Waals surface area (Å²) in [5.74, 6) is -0.149. The second-order valence-electron chi connectivity index (χ2n) is 7.28. The molecule has 12 heteroatoms. The molecular weight excluding hydrogens is 474 g/mol. The van der Waals surface area contributed by atoms with E-state index in [4.69, 9.17) is 38.9 Å². The van der Waals surface area contributed by atoms with Crippen molar-refractivity contribution in [1.29, 1.82) is 0 Å². The summed E-state index contributed by atoms with van der Waals surface area (Å²) in [7, 11) is 1.50. The molecule has 1 rings (SSSR count). The van der Waals surface area contributed by atoms with Gasteiger partial charge in [-0.05, 0) is 17.7 Å². The van der Waals surface area contributed by atoms with Gasteiger partial charge in [0.2, 0.25) is 5.91 Å². The van der Waals surface area contributed by atoms with Crippen molar-refractivity contribution in [3.63, 3.8) is 0 Å². The fourth-order valence-corrected chi connectivity index (χ4v) is 2.58. The van der Waals surface area contributed by atoms with Gasteiger partial charge in [-0.25, -0.2) is 4.79 Å². The van der Waals surface area contributed by atoms with Crippen molar-refractivity contribution in [2.45, 2.75) is 13.0 Å². The minimum Gasteiger partial charge on any atom is -0.445 e. The van der Waals surface area contributed by atoms with Gasteiger partial charge in [-0.15, -0.1) is 0 Å². The van der Waals surface area contributed by atoms with E-state index < -0.39 is 6.09 Å². The lowest BCUT2D eigenvalue weighted by Crippen LogP contribution is -2.18. The van der Waals surface area contributed by atoms with Crippen LogP contribution >= 0.6 is 0 Å². The highest BCUT2D eigenvalue weighted by atomic mass is 16.6. The molecule has 206 valence electrons. The van der Waals surface area contributed by atoms with Crippen LogP contribution in [0.15, 0.2) is 24.3 Å². The number of carbonyl (C=O) groups is 2. The first-order chi connectivity index (χ1) is 17.7. The zero-order chi connectivity index (χ0) is 26.1. The van der Waals surface area contributed by atoms with E-state index in [1.54, 1.807) is 24.3 Å². The third-order valence-corrected chi connectivity index (χ3v) is 4.41. The van der Waals surface area contributed by atoms with E-state index >= 15 is 0 Å².